The molecule has 0 unspecified atom stereocenters. The normalized spacial score (nSPS) is 16.3. The van der Waals surface area contributed by atoms with Gasteiger partial charge in [-0.05, 0) is 25.8 Å². The summed E-state index contributed by atoms with van der Waals surface area (Å²) in [5.74, 6) is -1.92. The molecule has 0 aliphatic carbocycles. The van der Waals surface area contributed by atoms with E-state index in [1.807, 2.05) is 0 Å². The van der Waals surface area contributed by atoms with E-state index in [1.54, 1.807) is 0 Å². The number of nitrogens with zero attached hydrogens (tertiary/aromatic N) is 3. The Labute approximate surface area is 151 Å². The highest BCUT2D eigenvalue weighted by Gasteiger charge is 2.34. The molecule has 1 aliphatic rings. The molecular formula is C16H15ClF3N3O3. The maximum atomic E-state index is 13.1. The number of rotatable bonds is 2. The van der Waals surface area contributed by atoms with Gasteiger partial charge in [-0.15, -0.1) is 0 Å². The topological polar surface area (TPSA) is 74.9 Å². The second-order valence-electron chi connectivity index (χ2n) is 6.22. The van der Waals surface area contributed by atoms with Gasteiger partial charge in [0, 0.05) is 19.3 Å². The van der Waals surface area contributed by atoms with Crippen molar-refractivity contribution in [3.8, 4) is 0 Å². The number of halogens is 4. The Morgan fingerprint density at radius 3 is 2.46 bits per heavy atom. The molecule has 26 heavy (non-hydrogen) atoms. The van der Waals surface area contributed by atoms with E-state index >= 15 is 0 Å². The minimum atomic E-state index is -4.61. The van der Waals surface area contributed by atoms with Crippen molar-refractivity contribution < 1.29 is 27.9 Å². The van der Waals surface area contributed by atoms with Gasteiger partial charge in [0.1, 0.15) is 5.69 Å². The molecule has 0 atom stereocenters. The van der Waals surface area contributed by atoms with E-state index < -0.39 is 29.5 Å². The predicted octanol–water partition coefficient (Wildman–Crippen LogP) is 3.25. The summed E-state index contributed by atoms with van der Waals surface area (Å²) in [4.78, 5) is 29.4. The highest BCUT2D eigenvalue weighted by Crippen LogP contribution is 2.33. The van der Waals surface area contributed by atoms with Gasteiger partial charge in [-0.25, -0.2) is 4.98 Å². The summed E-state index contributed by atoms with van der Waals surface area (Å²) >= 11 is 5.92. The number of amides is 1. The molecule has 0 aromatic carbocycles. The molecule has 3 heterocycles. The number of piperidine rings is 1. The quantitative estimate of drug-likeness (QED) is 0.855. The van der Waals surface area contributed by atoms with Crippen LogP contribution in [-0.4, -0.2) is 44.4 Å². The fourth-order valence-electron chi connectivity index (χ4n) is 3.11. The number of carboxylic acid groups (broad SMARTS) is 1. The lowest BCUT2D eigenvalue weighted by Gasteiger charge is -2.30. The minimum absolute atomic E-state index is 0.00164. The first-order valence-corrected chi connectivity index (χ1v) is 8.25. The van der Waals surface area contributed by atoms with Crippen LogP contribution >= 0.6 is 11.6 Å². The van der Waals surface area contributed by atoms with Crippen molar-refractivity contribution in [2.45, 2.75) is 25.9 Å². The van der Waals surface area contributed by atoms with Crippen LogP contribution in [0.5, 0.6) is 0 Å². The van der Waals surface area contributed by atoms with Crippen molar-refractivity contribution in [1.29, 1.82) is 0 Å². The Hall–Kier alpha value is -2.29. The summed E-state index contributed by atoms with van der Waals surface area (Å²) in [6.45, 7) is 1.96. The zero-order valence-corrected chi connectivity index (χ0v) is 14.4. The van der Waals surface area contributed by atoms with Gasteiger partial charge in [-0.2, -0.15) is 13.2 Å². The molecule has 1 N–H and O–H groups in total. The minimum Gasteiger partial charge on any atom is -0.481 e. The number of carboxylic acids is 1. The number of aryl methyl sites for hydroxylation is 1. The molecule has 10 heteroatoms. The fourth-order valence-corrected chi connectivity index (χ4v) is 3.36. The van der Waals surface area contributed by atoms with Crippen LogP contribution in [0, 0.1) is 12.8 Å². The monoisotopic (exact) mass is 389 g/mol. The van der Waals surface area contributed by atoms with Gasteiger partial charge in [-0.1, -0.05) is 11.6 Å². The third kappa shape index (κ3) is 3.23. The number of aliphatic carboxylic acids is 1. The van der Waals surface area contributed by atoms with E-state index in [0.717, 1.165) is 16.7 Å². The Balaban J connectivity index is 1.99. The number of pyridine rings is 1. The molecule has 2 aromatic heterocycles. The van der Waals surface area contributed by atoms with Gasteiger partial charge in [0.15, 0.2) is 5.65 Å². The Morgan fingerprint density at radius 2 is 1.92 bits per heavy atom. The average Bonchev–Trinajstić information content (AvgIpc) is 2.90. The van der Waals surface area contributed by atoms with Crippen LogP contribution in [-0.2, 0) is 11.0 Å². The maximum absolute atomic E-state index is 13.1. The summed E-state index contributed by atoms with van der Waals surface area (Å²) in [5, 5.41) is 8.83. The molecule has 6 nitrogen and oxygen atoms in total. The van der Waals surface area contributed by atoms with Gasteiger partial charge < -0.3 is 10.0 Å². The molecule has 0 spiro atoms. The Kier molecular flexibility index (Phi) is 4.60. The molecule has 0 radical (unpaired) electrons. The summed E-state index contributed by atoms with van der Waals surface area (Å²) in [6, 6.07) is 0.774. The van der Waals surface area contributed by atoms with Crippen LogP contribution in [0.4, 0.5) is 13.2 Å². The second kappa shape index (κ2) is 6.46. The van der Waals surface area contributed by atoms with Crippen molar-refractivity contribution in [3.63, 3.8) is 0 Å². The van der Waals surface area contributed by atoms with Crippen LogP contribution in [0.3, 0.4) is 0 Å². The van der Waals surface area contributed by atoms with E-state index in [2.05, 4.69) is 4.98 Å². The zero-order valence-electron chi connectivity index (χ0n) is 13.7. The van der Waals surface area contributed by atoms with Gasteiger partial charge >= 0.3 is 12.1 Å². The first-order chi connectivity index (χ1) is 12.1. The van der Waals surface area contributed by atoms with E-state index in [4.69, 9.17) is 16.7 Å². The number of fused-ring (bicyclic) bond motifs is 1. The molecule has 1 fully saturated rings. The standard InChI is InChI=1S/C16H15ClF3N3O3/c1-8-12(14(24)22-4-2-9(3-5-22)15(25)26)23-7-10(16(18,19)20)6-11(17)13(23)21-8/h6-7,9H,2-5H2,1H3,(H,25,26). The first-order valence-electron chi connectivity index (χ1n) is 7.87. The first kappa shape index (κ1) is 18.5. The lowest BCUT2D eigenvalue weighted by molar-refractivity contribution is -0.143. The van der Waals surface area contributed by atoms with Crippen molar-refractivity contribution >= 4 is 29.1 Å². The SMILES string of the molecule is Cc1nc2c(Cl)cc(C(F)(F)F)cn2c1C(=O)N1CCC(C(=O)O)CC1. The van der Waals surface area contributed by atoms with E-state index in [-0.39, 0.29) is 35.1 Å². The van der Waals surface area contributed by atoms with Gasteiger partial charge in [0.2, 0.25) is 0 Å². The van der Waals surface area contributed by atoms with E-state index in [9.17, 15) is 22.8 Å². The summed E-state index contributed by atoms with van der Waals surface area (Å²) in [5.41, 5.74) is -0.648. The lowest BCUT2D eigenvalue weighted by atomic mass is 9.97. The third-order valence-corrected chi connectivity index (χ3v) is 4.79. The number of carbonyl (C=O) groups is 2. The van der Waals surface area contributed by atoms with Crippen molar-refractivity contribution in [1.82, 2.24) is 14.3 Å². The van der Waals surface area contributed by atoms with Crippen LogP contribution in [0.25, 0.3) is 5.65 Å². The number of likely N-dealkylation sites (tertiary alicyclic amines) is 1. The summed E-state index contributed by atoms with van der Waals surface area (Å²) in [6.07, 6.45) is -3.22. The van der Waals surface area contributed by atoms with Gasteiger partial charge in [-0.3, -0.25) is 14.0 Å². The largest absolute Gasteiger partial charge is 0.481 e. The van der Waals surface area contributed by atoms with Gasteiger partial charge in [0.05, 0.1) is 22.2 Å². The number of hydrogen-bond donors (Lipinski definition) is 1. The van der Waals surface area contributed by atoms with Crippen molar-refractivity contribution in [2.75, 3.05) is 13.1 Å². The predicted molar refractivity (Wildman–Crippen MR) is 86.2 cm³/mol. The van der Waals surface area contributed by atoms with Crippen LogP contribution < -0.4 is 0 Å². The van der Waals surface area contributed by atoms with Crippen molar-refractivity contribution in [3.05, 3.63) is 34.2 Å². The summed E-state index contributed by atoms with van der Waals surface area (Å²) < 4.78 is 40.3. The summed E-state index contributed by atoms with van der Waals surface area (Å²) in [7, 11) is 0. The molecular weight excluding hydrogens is 375 g/mol. The highest BCUT2D eigenvalue weighted by atomic mass is 35.5. The number of aromatic nitrogens is 2. The number of carbonyl (C=O) groups excluding carboxylic acids is 1. The Morgan fingerprint density at radius 1 is 1.31 bits per heavy atom. The molecule has 0 saturated carbocycles. The zero-order chi connectivity index (χ0) is 19.2. The molecule has 1 aliphatic heterocycles. The maximum Gasteiger partial charge on any atom is 0.417 e. The molecule has 3 rings (SSSR count). The number of alkyl halides is 3. The molecule has 140 valence electrons. The number of imidazole rings is 1. The van der Waals surface area contributed by atoms with Crippen LogP contribution in [0.2, 0.25) is 5.02 Å². The van der Waals surface area contributed by atoms with Gasteiger partial charge in [0.25, 0.3) is 5.91 Å². The highest BCUT2D eigenvalue weighted by molar-refractivity contribution is 6.33. The average molecular weight is 390 g/mol. The molecule has 2 aromatic rings. The smallest absolute Gasteiger partial charge is 0.417 e. The van der Waals surface area contributed by atoms with Crippen LogP contribution in [0.15, 0.2) is 12.3 Å². The van der Waals surface area contributed by atoms with Crippen molar-refractivity contribution in [2.24, 2.45) is 5.92 Å². The molecule has 0 bridgehead atoms. The fraction of sp³-hybridized carbons (Fsp3) is 0.438. The molecule has 1 saturated heterocycles. The second-order valence-corrected chi connectivity index (χ2v) is 6.63. The number of hydrogen-bond acceptors (Lipinski definition) is 3. The van der Waals surface area contributed by atoms with E-state index in [0.29, 0.717) is 12.8 Å². The Bertz CT molecular complexity index is 886. The van der Waals surface area contributed by atoms with Crippen LogP contribution in [0.1, 0.15) is 34.6 Å². The molecule has 1 amide bonds. The third-order valence-electron chi connectivity index (χ3n) is 4.51. The van der Waals surface area contributed by atoms with E-state index in [1.165, 1.54) is 11.8 Å². The lowest BCUT2D eigenvalue weighted by Crippen LogP contribution is -2.40.